The van der Waals surface area contributed by atoms with Gasteiger partial charge in [0.1, 0.15) is 11.9 Å². The fourth-order valence-corrected chi connectivity index (χ4v) is 6.23. The van der Waals surface area contributed by atoms with Crippen molar-refractivity contribution in [2.45, 2.75) is 129 Å². The van der Waals surface area contributed by atoms with Gasteiger partial charge in [-0.2, -0.15) is 8.78 Å². The summed E-state index contributed by atoms with van der Waals surface area (Å²) in [5.41, 5.74) is 0.803. The number of ketones is 1. The van der Waals surface area contributed by atoms with Gasteiger partial charge in [0, 0.05) is 24.7 Å². The van der Waals surface area contributed by atoms with Crippen LogP contribution in [0.4, 0.5) is 8.78 Å². The molecule has 1 fully saturated rings. The highest BCUT2D eigenvalue weighted by atomic mass is 28.4. The quantitative estimate of drug-likeness (QED) is 0.0741. The van der Waals surface area contributed by atoms with Crippen LogP contribution >= 0.6 is 0 Å². The van der Waals surface area contributed by atoms with Gasteiger partial charge in [-0.3, -0.25) is 9.59 Å². The van der Waals surface area contributed by atoms with Gasteiger partial charge in [0.15, 0.2) is 8.32 Å². The van der Waals surface area contributed by atoms with E-state index in [-0.39, 0.29) is 41.8 Å². The van der Waals surface area contributed by atoms with E-state index in [2.05, 4.69) is 33.9 Å². The first-order valence-corrected chi connectivity index (χ1v) is 18.9. The minimum absolute atomic E-state index is 0.0375. The summed E-state index contributed by atoms with van der Waals surface area (Å²) in [5, 5.41) is -0.0711. The Morgan fingerprint density at radius 1 is 1.09 bits per heavy atom. The zero-order valence-electron chi connectivity index (χ0n) is 28.0. The van der Waals surface area contributed by atoms with Crippen molar-refractivity contribution in [3.8, 4) is 0 Å². The second-order valence-corrected chi connectivity index (χ2v) is 18.3. The van der Waals surface area contributed by atoms with Crippen LogP contribution in [-0.2, 0) is 30.1 Å². The maximum absolute atomic E-state index is 15.4. The lowest BCUT2D eigenvalue weighted by Crippen LogP contribution is -2.45. The molecule has 5 nitrogen and oxygen atoms in total. The van der Waals surface area contributed by atoms with E-state index in [9.17, 15) is 9.59 Å². The molecule has 0 amide bonds. The van der Waals surface area contributed by atoms with Crippen LogP contribution in [0.2, 0.25) is 18.1 Å². The number of Topliss-reactive ketones (excluding diaryl/α,β-unsaturated/α-hetero) is 1. The summed E-state index contributed by atoms with van der Waals surface area (Å²) in [6, 6.07) is 9.25. The van der Waals surface area contributed by atoms with Crippen LogP contribution in [-0.4, -0.2) is 44.3 Å². The van der Waals surface area contributed by atoms with Gasteiger partial charge in [-0.25, -0.2) is 0 Å². The first-order chi connectivity index (χ1) is 20.6. The fourth-order valence-electron chi connectivity index (χ4n) is 4.88. The second-order valence-electron chi connectivity index (χ2n) is 13.5. The van der Waals surface area contributed by atoms with E-state index in [4.69, 9.17) is 13.9 Å². The highest BCUT2D eigenvalue weighted by Crippen LogP contribution is 2.43. The zero-order valence-corrected chi connectivity index (χ0v) is 29.0. The molecular weight excluding hydrogens is 578 g/mol. The Balaban J connectivity index is 2.29. The van der Waals surface area contributed by atoms with E-state index in [0.29, 0.717) is 32.1 Å². The monoisotopic (exact) mass is 632 g/mol. The predicted octanol–water partition coefficient (Wildman–Crippen LogP) is 9.39. The summed E-state index contributed by atoms with van der Waals surface area (Å²) in [7, 11) is -2.25. The number of unbranched alkanes of at least 4 members (excludes halogenated alkanes) is 1. The van der Waals surface area contributed by atoms with E-state index in [0.717, 1.165) is 11.6 Å². The van der Waals surface area contributed by atoms with Crippen LogP contribution in [0, 0.1) is 11.8 Å². The summed E-state index contributed by atoms with van der Waals surface area (Å²) in [6.45, 7) is 16.2. The molecule has 1 aliphatic rings. The lowest BCUT2D eigenvalue weighted by Gasteiger charge is -2.39. The van der Waals surface area contributed by atoms with Gasteiger partial charge in [0.05, 0.1) is 18.8 Å². The number of ether oxygens (including phenoxy) is 2. The third kappa shape index (κ3) is 12.2. The Hall–Kier alpha value is -2.42. The molecule has 4 atom stereocenters. The third-order valence-electron chi connectivity index (χ3n) is 8.37. The number of carbonyl (C=O) groups is 2. The molecule has 0 aromatic heterocycles. The van der Waals surface area contributed by atoms with E-state index in [1.807, 2.05) is 63.3 Å². The fraction of sp³-hybridized carbons (Fsp3) is 0.611. The van der Waals surface area contributed by atoms with Crippen LogP contribution in [0.25, 0.3) is 0 Å². The molecule has 0 N–H and O–H groups in total. The lowest BCUT2D eigenvalue weighted by atomic mass is 9.90. The third-order valence-corrected chi connectivity index (χ3v) is 12.9. The molecule has 0 heterocycles. The number of hydrogen-bond acceptors (Lipinski definition) is 5. The first-order valence-electron chi connectivity index (χ1n) is 16.0. The van der Waals surface area contributed by atoms with Crippen LogP contribution in [0.1, 0.15) is 85.6 Å². The maximum Gasteiger partial charge on any atom is 0.306 e. The number of rotatable bonds is 17. The molecule has 246 valence electrons. The topological polar surface area (TPSA) is 61.8 Å². The van der Waals surface area contributed by atoms with Gasteiger partial charge in [-0.1, -0.05) is 88.4 Å². The van der Waals surface area contributed by atoms with E-state index in [1.54, 1.807) is 6.08 Å². The molecule has 0 saturated heterocycles. The molecule has 0 spiro atoms. The smallest absolute Gasteiger partial charge is 0.306 e. The van der Waals surface area contributed by atoms with Crippen molar-refractivity contribution in [2.24, 2.45) is 11.8 Å². The van der Waals surface area contributed by atoms with Gasteiger partial charge in [0.2, 0.25) is 0 Å². The van der Waals surface area contributed by atoms with E-state index >= 15 is 8.78 Å². The largest absolute Gasteiger partial charge is 0.463 e. The molecule has 0 aliphatic heterocycles. The van der Waals surface area contributed by atoms with Crippen LogP contribution < -0.4 is 0 Å². The van der Waals surface area contributed by atoms with Crippen LogP contribution in [0.3, 0.4) is 0 Å². The number of allylic oxidation sites excluding steroid dienone is 3. The molecule has 2 rings (SSSR count). The number of halogens is 2. The van der Waals surface area contributed by atoms with Crippen LogP contribution in [0.15, 0.2) is 66.8 Å². The number of esters is 1. The molecule has 1 aliphatic carbocycles. The normalized spacial score (nSPS) is 20.9. The van der Waals surface area contributed by atoms with Gasteiger partial charge in [-0.05, 0) is 69.3 Å². The molecule has 1 unspecified atom stereocenters. The minimum atomic E-state index is -3.23. The maximum atomic E-state index is 15.4. The lowest BCUT2D eigenvalue weighted by molar-refractivity contribution is -0.147. The molecule has 1 aromatic rings. The van der Waals surface area contributed by atoms with Crippen LogP contribution in [0.5, 0.6) is 0 Å². The molecule has 8 heteroatoms. The molecule has 44 heavy (non-hydrogen) atoms. The Morgan fingerprint density at radius 2 is 1.77 bits per heavy atom. The van der Waals surface area contributed by atoms with Gasteiger partial charge >= 0.3 is 5.97 Å². The van der Waals surface area contributed by atoms with E-state index < -0.39 is 32.4 Å². The Kier molecular flexibility index (Phi) is 14.9. The number of benzene rings is 1. The van der Waals surface area contributed by atoms with Crippen molar-refractivity contribution < 1.29 is 32.3 Å². The van der Waals surface area contributed by atoms with Crippen molar-refractivity contribution >= 4 is 20.1 Å². The highest BCUT2D eigenvalue weighted by Gasteiger charge is 2.47. The first kappa shape index (κ1) is 37.8. The Morgan fingerprint density at radius 3 is 2.39 bits per heavy atom. The van der Waals surface area contributed by atoms with E-state index in [1.165, 1.54) is 12.2 Å². The second kappa shape index (κ2) is 17.3. The number of carbonyl (C=O) groups excluding carboxylic acids is 2. The summed E-state index contributed by atoms with van der Waals surface area (Å²) in [6.07, 6.45) is 10.3. The molecule has 1 aromatic carbocycles. The standard InChI is InChI=1S/C36H54F2O5Si/c1-9-10-24-36(37,38)33(41-26-28-18-14-13-15-19-28)23-22-30-29(20-16-11-12-17-21-34(40)42-27(2)3)31(39)25-32(30)43-44(7,8)35(4,5)6/h10-11,13-16,18-19,22-24,27,29-30,32-33H,9,12,17,20-21,25-26H2,1-8H3/b16-11+,23-22+,24-10+/t29-,30-,32-,33?/m1/s1. The molecule has 0 radical (unpaired) electrons. The summed E-state index contributed by atoms with van der Waals surface area (Å²) >= 11 is 0. The molecule has 1 saturated carbocycles. The van der Waals surface area contributed by atoms with Crippen molar-refractivity contribution in [3.63, 3.8) is 0 Å². The van der Waals surface area contributed by atoms with Crippen molar-refractivity contribution in [2.75, 3.05) is 0 Å². The van der Waals surface area contributed by atoms with Crippen molar-refractivity contribution in [1.29, 1.82) is 0 Å². The SMILES string of the molecule is CC/C=C/C(F)(F)C(/C=C/[C@H]1[C@H](O[Si](C)(C)C(C)(C)C)CC(=O)[C@@H]1C/C=C/CCCC(=O)OC(C)C)OCc1ccccc1. The van der Waals surface area contributed by atoms with Gasteiger partial charge < -0.3 is 13.9 Å². The number of alkyl halides is 2. The zero-order chi connectivity index (χ0) is 33.0. The average molecular weight is 633 g/mol. The van der Waals surface area contributed by atoms with Gasteiger partial charge in [0.25, 0.3) is 5.92 Å². The summed E-state index contributed by atoms with van der Waals surface area (Å²) in [5.74, 6) is -4.13. The number of hydrogen-bond donors (Lipinski definition) is 0. The highest BCUT2D eigenvalue weighted by molar-refractivity contribution is 6.74. The van der Waals surface area contributed by atoms with Crippen molar-refractivity contribution in [1.82, 2.24) is 0 Å². The summed E-state index contributed by atoms with van der Waals surface area (Å²) < 4.78 is 48.5. The molecule has 0 bridgehead atoms. The average Bonchev–Trinajstić information content (AvgIpc) is 3.21. The van der Waals surface area contributed by atoms with Gasteiger partial charge in [-0.15, -0.1) is 0 Å². The summed E-state index contributed by atoms with van der Waals surface area (Å²) in [4.78, 5) is 25.2. The Bertz CT molecular complexity index is 1120. The van der Waals surface area contributed by atoms with Crippen molar-refractivity contribution in [3.05, 3.63) is 72.4 Å². The Labute approximate surface area is 265 Å². The molecular formula is C36H54F2O5Si. The predicted molar refractivity (Wildman–Crippen MR) is 176 cm³/mol. The minimum Gasteiger partial charge on any atom is -0.463 e.